The molecular weight excluding hydrogens is 216 g/mol. The van der Waals surface area contributed by atoms with Gasteiger partial charge in [-0.15, -0.1) is 0 Å². The number of carbonyl (C=O) groups excluding carboxylic acids is 1. The molecule has 0 unspecified atom stereocenters. The fourth-order valence-corrected chi connectivity index (χ4v) is 3.90. The van der Waals surface area contributed by atoms with Gasteiger partial charge in [-0.25, -0.2) is 4.79 Å². The van der Waals surface area contributed by atoms with Crippen molar-refractivity contribution in [2.45, 2.75) is 26.9 Å². The van der Waals surface area contributed by atoms with Crippen LogP contribution in [0.5, 0.6) is 0 Å². The van der Waals surface area contributed by atoms with E-state index in [2.05, 4.69) is 6.58 Å². The molecule has 1 aromatic carbocycles. The quantitative estimate of drug-likeness (QED) is 0.593. The van der Waals surface area contributed by atoms with Crippen LogP contribution in [0.3, 0.4) is 0 Å². The summed E-state index contributed by atoms with van der Waals surface area (Å²) in [7, 11) is -2.16. The molecule has 0 aliphatic rings. The zero-order chi connectivity index (χ0) is 12.3. The summed E-state index contributed by atoms with van der Waals surface area (Å²) >= 11 is 0. The Bertz CT molecular complexity index is 422. The lowest BCUT2D eigenvalue weighted by Crippen LogP contribution is -2.47. The summed E-state index contributed by atoms with van der Waals surface area (Å²) in [5.74, 6) is -0.292. The monoisotopic (exact) mass is 234 g/mol. The van der Waals surface area contributed by atoms with Crippen LogP contribution in [0.15, 0.2) is 36.4 Å². The summed E-state index contributed by atoms with van der Waals surface area (Å²) in [6.45, 7) is 11.4. The van der Waals surface area contributed by atoms with E-state index in [9.17, 15) is 4.79 Å². The zero-order valence-electron chi connectivity index (χ0n) is 10.3. The number of aryl methyl sites for hydroxylation is 1. The van der Waals surface area contributed by atoms with E-state index in [1.165, 1.54) is 5.56 Å². The first-order chi connectivity index (χ1) is 7.34. The average molecular weight is 234 g/mol. The van der Waals surface area contributed by atoms with E-state index in [1.807, 2.05) is 44.3 Å². The molecule has 3 heteroatoms. The Balaban J connectivity index is 2.98. The average Bonchev–Trinajstić information content (AvgIpc) is 2.17. The summed E-state index contributed by atoms with van der Waals surface area (Å²) in [6.07, 6.45) is 0. The van der Waals surface area contributed by atoms with Crippen LogP contribution < -0.4 is 5.19 Å². The lowest BCUT2D eigenvalue weighted by Gasteiger charge is -2.24. The second-order valence-corrected chi connectivity index (χ2v) is 8.26. The first-order valence-electron chi connectivity index (χ1n) is 5.29. The predicted octanol–water partition coefficient (Wildman–Crippen LogP) is 2.53. The number of hydrogen-bond donors (Lipinski definition) is 0. The van der Waals surface area contributed by atoms with Crippen molar-refractivity contribution in [3.8, 4) is 0 Å². The van der Waals surface area contributed by atoms with Gasteiger partial charge >= 0.3 is 5.97 Å². The summed E-state index contributed by atoms with van der Waals surface area (Å²) < 4.78 is 5.57. The van der Waals surface area contributed by atoms with Gasteiger partial charge in [-0.1, -0.05) is 30.8 Å². The molecule has 0 aliphatic carbocycles. The molecule has 0 amide bonds. The van der Waals surface area contributed by atoms with Crippen molar-refractivity contribution in [3.63, 3.8) is 0 Å². The maximum absolute atomic E-state index is 11.6. The minimum absolute atomic E-state index is 0.292. The molecule has 0 atom stereocenters. The number of hydrogen-bond acceptors (Lipinski definition) is 2. The standard InChI is InChI=1S/C13H18O2Si/c1-10(2)13(14)15-16(4,5)12-9-7-6-8-11(12)3/h6-9H,1H2,2-5H3. The molecule has 0 saturated carbocycles. The van der Waals surface area contributed by atoms with Crippen molar-refractivity contribution in [1.29, 1.82) is 0 Å². The van der Waals surface area contributed by atoms with E-state index < -0.39 is 8.32 Å². The summed E-state index contributed by atoms with van der Waals surface area (Å²) in [4.78, 5) is 11.6. The van der Waals surface area contributed by atoms with Crippen LogP contribution >= 0.6 is 0 Å². The Hall–Kier alpha value is -1.35. The number of rotatable bonds is 3. The Kier molecular flexibility index (Phi) is 3.70. The number of carbonyl (C=O) groups is 1. The van der Waals surface area contributed by atoms with E-state index in [0.717, 1.165) is 5.19 Å². The van der Waals surface area contributed by atoms with E-state index in [4.69, 9.17) is 4.43 Å². The van der Waals surface area contributed by atoms with Crippen LogP contribution in [0.25, 0.3) is 0 Å². The highest BCUT2D eigenvalue weighted by atomic mass is 28.4. The van der Waals surface area contributed by atoms with Gasteiger partial charge in [-0.3, -0.25) is 0 Å². The summed E-state index contributed by atoms with van der Waals surface area (Å²) in [5.41, 5.74) is 1.63. The molecule has 1 aromatic rings. The van der Waals surface area contributed by atoms with Crippen molar-refractivity contribution >= 4 is 19.5 Å². The van der Waals surface area contributed by atoms with Gasteiger partial charge in [0.15, 0.2) is 0 Å². The second kappa shape index (κ2) is 4.66. The molecule has 16 heavy (non-hydrogen) atoms. The minimum atomic E-state index is -2.16. The Morgan fingerprint density at radius 2 is 1.88 bits per heavy atom. The largest absolute Gasteiger partial charge is 0.512 e. The lowest BCUT2D eigenvalue weighted by atomic mass is 10.2. The molecule has 0 fully saturated rings. The van der Waals surface area contributed by atoms with E-state index in [1.54, 1.807) is 6.92 Å². The van der Waals surface area contributed by atoms with Crippen LogP contribution in [0.1, 0.15) is 12.5 Å². The molecule has 86 valence electrons. The zero-order valence-corrected chi connectivity index (χ0v) is 11.3. The third-order valence-corrected chi connectivity index (χ3v) is 5.04. The Morgan fingerprint density at radius 1 is 1.31 bits per heavy atom. The molecule has 0 spiro atoms. The van der Waals surface area contributed by atoms with E-state index in [0.29, 0.717) is 5.57 Å². The third-order valence-electron chi connectivity index (χ3n) is 2.49. The predicted molar refractivity (Wildman–Crippen MR) is 69.2 cm³/mol. The highest BCUT2D eigenvalue weighted by Crippen LogP contribution is 2.10. The van der Waals surface area contributed by atoms with Crippen molar-refractivity contribution in [1.82, 2.24) is 0 Å². The molecule has 0 radical (unpaired) electrons. The van der Waals surface area contributed by atoms with Gasteiger partial charge in [0.2, 0.25) is 0 Å². The molecule has 0 heterocycles. The van der Waals surface area contributed by atoms with Crippen LogP contribution in [0, 0.1) is 6.92 Å². The second-order valence-electron chi connectivity index (χ2n) is 4.50. The lowest BCUT2D eigenvalue weighted by molar-refractivity contribution is -0.130. The highest BCUT2D eigenvalue weighted by molar-refractivity contribution is 6.85. The molecule has 1 rings (SSSR count). The molecule has 0 saturated heterocycles. The molecule has 0 aliphatic heterocycles. The van der Waals surface area contributed by atoms with Gasteiger partial charge in [0.25, 0.3) is 8.32 Å². The van der Waals surface area contributed by atoms with Gasteiger partial charge < -0.3 is 4.43 Å². The van der Waals surface area contributed by atoms with Crippen molar-refractivity contribution < 1.29 is 9.22 Å². The molecule has 0 N–H and O–H groups in total. The molecule has 0 aromatic heterocycles. The van der Waals surface area contributed by atoms with Gasteiger partial charge in [0, 0.05) is 5.57 Å². The van der Waals surface area contributed by atoms with Crippen molar-refractivity contribution in [2.75, 3.05) is 0 Å². The topological polar surface area (TPSA) is 26.3 Å². The maximum atomic E-state index is 11.6. The fraction of sp³-hybridized carbons (Fsp3) is 0.308. The van der Waals surface area contributed by atoms with Gasteiger partial charge in [0.1, 0.15) is 0 Å². The van der Waals surface area contributed by atoms with Gasteiger partial charge in [-0.2, -0.15) is 0 Å². The first kappa shape index (κ1) is 12.7. The Morgan fingerprint density at radius 3 is 2.38 bits per heavy atom. The molecule has 0 bridgehead atoms. The normalized spacial score (nSPS) is 11.0. The highest BCUT2D eigenvalue weighted by Gasteiger charge is 2.30. The molecule has 2 nitrogen and oxygen atoms in total. The van der Waals surface area contributed by atoms with Gasteiger partial charge in [-0.05, 0) is 37.7 Å². The van der Waals surface area contributed by atoms with Crippen LogP contribution in [-0.4, -0.2) is 14.3 Å². The van der Waals surface area contributed by atoms with Gasteiger partial charge in [0.05, 0.1) is 0 Å². The number of benzene rings is 1. The maximum Gasteiger partial charge on any atom is 0.320 e. The summed E-state index contributed by atoms with van der Waals surface area (Å²) in [5, 5.41) is 1.16. The fourth-order valence-electron chi connectivity index (χ4n) is 1.62. The summed E-state index contributed by atoms with van der Waals surface area (Å²) in [6, 6.07) is 8.04. The van der Waals surface area contributed by atoms with E-state index >= 15 is 0 Å². The van der Waals surface area contributed by atoms with Crippen molar-refractivity contribution in [2.24, 2.45) is 0 Å². The first-order valence-corrected chi connectivity index (χ1v) is 8.20. The SMILES string of the molecule is C=C(C)C(=O)O[Si](C)(C)c1ccccc1C. The van der Waals surface area contributed by atoms with Crippen LogP contribution in [0.2, 0.25) is 13.1 Å². The third kappa shape index (κ3) is 2.82. The van der Waals surface area contributed by atoms with E-state index in [-0.39, 0.29) is 5.97 Å². The van der Waals surface area contributed by atoms with Crippen LogP contribution in [0.4, 0.5) is 0 Å². The van der Waals surface area contributed by atoms with Crippen molar-refractivity contribution in [3.05, 3.63) is 42.0 Å². The smallest absolute Gasteiger partial charge is 0.320 e. The minimum Gasteiger partial charge on any atom is -0.512 e. The Labute approximate surface area is 98.1 Å². The van der Waals surface area contributed by atoms with Crippen LogP contribution in [-0.2, 0) is 9.22 Å². The molecular formula is C13H18O2Si.